The van der Waals surface area contributed by atoms with Gasteiger partial charge in [-0.2, -0.15) is 0 Å². The summed E-state index contributed by atoms with van der Waals surface area (Å²) in [5.74, 6) is 0.672. The molecule has 1 unspecified atom stereocenters. The van der Waals surface area contributed by atoms with Crippen LogP contribution in [0.2, 0.25) is 0 Å². The molecule has 0 heterocycles. The lowest BCUT2D eigenvalue weighted by molar-refractivity contribution is -0.140. The maximum absolute atomic E-state index is 11.2. The van der Waals surface area contributed by atoms with E-state index >= 15 is 0 Å². The van der Waals surface area contributed by atoms with Crippen molar-refractivity contribution in [3.63, 3.8) is 0 Å². The van der Waals surface area contributed by atoms with E-state index in [1.807, 2.05) is 41.9 Å². The Kier molecular flexibility index (Phi) is 10.0. The van der Waals surface area contributed by atoms with Gasteiger partial charge in [0.05, 0.1) is 12.8 Å². The summed E-state index contributed by atoms with van der Waals surface area (Å²) in [5, 5.41) is 3.05. The van der Waals surface area contributed by atoms with Crippen LogP contribution in [0, 0.1) is 5.92 Å². The SMILES string of the molecule is CC[C@H](C)C(=Nc1ccccc1)N(CC)P(O)(=S)NCCCC(=O)OC. The van der Waals surface area contributed by atoms with Crippen LogP contribution in [-0.2, 0) is 21.3 Å². The van der Waals surface area contributed by atoms with Gasteiger partial charge in [0.25, 0.3) is 0 Å². The summed E-state index contributed by atoms with van der Waals surface area (Å²) in [5.41, 5.74) is 0.835. The normalized spacial score (nSPS) is 15.2. The summed E-state index contributed by atoms with van der Waals surface area (Å²) >= 11 is 5.52. The molecule has 8 heteroatoms. The Morgan fingerprint density at radius 2 is 2.04 bits per heavy atom. The van der Waals surface area contributed by atoms with Crippen molar-refractivity contribution in [3.8, 4) is 0 Å². The first-order chi connectivity index (χ1) is 12.4. The molecule has 0 aliphatic heterocycles. The molecular weight excluding hydrogens is 369 g/mol. The van der Waals surface area contributed by atoms with Crippen molar-refractivity contribution >= 4 is 35.9 Å². The average molecular weight is 399 g/mol. The highest BCUT2D eigenvalue weighted by Crippen LogP contribution is 2.42. The van der Waals surface area contributed by atoms with Crippen LogP contribution < -0.4 is 5.09 Å². The molecule has 6 nitrogen and oxygen atoms in total. The highest BCUT2D eigenvalue weighted by molar-refractivity contribution is 8.09. The molecule has 0 radical (unpaired) electrons. The summed E-state index contributed by atoms with van der Waals surface area (Å²) in [7, 11) is 1.36. The number of aliphatic imine (C=N–C) groups is 1. The van der Waals surface area contributed by atoms with Crippen molar-refractivity contribution in [2.24, 2.45) is 10.9 Å². The molecule has 0 saturated carbocycles. The number of methoxy groups -OCH3 is 1. The number of rotatable bonds is 10. The number of carbonyl (C=O) groups is 1. The first kappa shape index (κ1) is 22.8. The van der Waals surface area contributed by atoms with Crippen molar-refractivity contribution in [1.82, 2.24) is 9.76 Å². The van der Waals surface area contributed by atoms with Crippen molar-refractivity contribution in [3.05, 3.63) is 30.3 Å². The van der Waals surface area contributed by atoms with E-state index < -0.39 is 6.57 Å². The molecule has 1 rings (SSSR count). The quantitative estimate of drug-likeness (QED) is 0.205. The van der Waals surface area contributed by atoms with E-state index in [0.717, 1.165) is 17.9 Å². The molecular formula is C18H30N3O3PS. The first-order valence-electron chi connectivity index (χ1n) is 8.92. The minimum atomic E-state index is -3.00. The number of hydrogen-bond acceptors (Lipinski definition) is 4. The Labute approximate surface area is 161 Å². The molecule has 26 heavy (non-hydrogen) atoms. The fourth-order valence-electron chi connectivity index (χ4n) is 2.38. The second-order valence-electron chi connectivity index (χ2n) is 5.96. The number of esters is 1. The van der Waals surface area contributed by atoms with Gasteiger partial charge in [0.2, 0.25) is 6.57 Å². The Morgan fingerprint density at radius 1 is 1.38 bits per heavy atom. The Bertz CT molecular complexity index is 640. The summed E-state index contributed by atoms with van der Waals surface area (Å²) in [6.45, 7) is 4.12. The summed E-state index contributed by atoms with van der Waals surface area (Å²) < 4.78 is 6.43. The number of amidine groups is 1. The largest absolute Gasteiger partial charge is 0.469 e. The number of nitrogens with zero attached hydrogens (tertiary/aromatic N) is 2. The second kappa shape index (κ2) is 11.4. The van der Waals surface area contributed by atoms with Gasteiger partial charge in [-0.3, -0.25) is 14.6 Å². The number of ether oxygens (including phenoxy) is 1. The van der Waals surface area contributed by atoms with Crippen molar-refractivity contribution in [2.45, 2.75) is 40.0 Å². The van der Waals surface area contributed by atoms with Crippen LogP contribution in [-0.4, -0.2) is 41.6 Å². The van der Waals surface area contributed by atoms with Crippen LogP contribution in [0.1, 0.15) is 40.0 Å². The van der Waals surface area contributed by atoms with Crippen molar-refractivity contribution in [1.29, 1.82) is 0 Å². The van der Waals surface area contributed by atoms with Crippen LogP contribution in [0.4, 0.5) is 5.69 Å². The van der Waals surface area contributed by atoms with Gasteiger partial charge in [0.1, 0.15) is 5.84 Å². The van der Waals surface area contributed by atoms with Gasteiger partial charge in [-0.25, -0.2) is 4.99 Å². The van der Waals surface area contributed by atoms with Gasteiger partial charge in [-0.05, 0) is 43.7 Å². The highest BCUT2D eigenvalue weighted by Gasteiger charge is 2.27. The van der Waals surface area contributed by atoms with E-state index in [-0.39, 0.29) is 11.9 Å². The van der Waals surface area contributed by atoms with Gasteiger partial charge in [0, 0.05) is 25.4 Å². The van der Waals surface area contributed by atoms with Crippen molar-refractivity contribution in [2.75, 3.05) is 20.2 Å². The number of para-hydroxylation sites is 1. The fourth-order valence-corrected chi connectivity index (χ4v) is 4.77. The minimum Gasteiger partial charge on any atom is -0.469 e. The third-order valence-electron chi connectivity index (χ3n) is 4.05. The maximum Gasteiger partial charge on any atom is 0.305 e. The van der Waals surface area contributed by atoms with Crippen LogP contribution in [0.3, 0.4) is 0 Å². The van der Waals surface area contributed by atoms with E-state index in [4.69, 9.17) is 16.8 Å². The third-order valence-corrected chi connectivity index (χ3v) is 6.80. The first-order valence-corrected chi connectivity index (χ1v) is 11.6. The monoisotopic (exact) mass is 399 g/mol. The fraction of sp³-hybridized carbons (Fsp3) is 0.556. The van der Waals surface area contributed by atoms with Gasteiger partial charge in [-0.1, -0.05) is 32.0 Å². The Hall–Kier alpha value is -1.27. The molecule has 0 fully saturated rings. The zero-order valence-electron chi connectivity index (χ0n) is 16.0. The predicted octanol–water partition coefficient (Wildman–Crippen LogP) is 3.84. The van der Waals surface area contributed by atoms with Crippen molar-refractivity contribution < 1.29 is 14.4 Å². The second-order valence-corrected chi connectivity index (χ2v) is 9.38. The number of nitrogens with one attached hydrogen (secondary N) is 1. The number of hydrogen-bond donors (Lipinski definition) is 2. The van der Waals surface area contributed by atoms with E-state index in [1.165, 1.54) is 7.11 Å². The van der Waals surface area contributed by atoms with Gasteiger partial charge in [-0.15, -0.1) is 0 Å². The Balaban J connectivity index is 2.96. The number of benzene rings is 1. The molecule has 0 aliphatic carbocycles. The lowest BCUT2D eigenvalue weighted by Gasteiger charge is -2.35. The van der Waals surface area contributed by atoms with Gasteiger partial charge in [0.15, 0.2) is 0 Å². The molecule has 1 aromatic carbocycles. The van der Waals surface area contributed by atoms with Crippen LogP contribution in [0.25, 0.3) is 0 Å². The molecule has 0 bridgehead atoms. The third kappa shape index (κ3) is 7.16. The van der Waals surface area contributed by atoms with E-state index in [0.29, 0.717) is 25.9 Å². The number of carbonyl (C=O) groups excluding carboxylic acids is 1. The highest BCUT2D eigenvalue weighted by atomic mass is 32.4. The van der Waals surface area contributed by atoms with Gasteiger partial charge >= 0.3 is 5.97 Å². The smallest absolute Gasteiger partial charge is 0.305 e. The summed E-state index contributed by atoms with van der Waals surface area (Å²) in [6.07, 6.45) is 1.73. The maximum atomic E-state index is 11.2. The standard InChI is InChI=1S/C18H30N3O3PS/c1-5-15(3)18(20-16-11-8-7-9-12-16)21(6-2)25(23,26)19-14-10-13-17(22)24-4/h7-9,11-12,15H,5-6,10,13-14H2,1-4H3,(H2,19,23,26)/t15-,25?/m0/s1. The Morgan fingerprint density at radius 3 is 2.58 bits per heavy atom. The zero-order chi connectivity index (χ0) is 19.6. The molecule has 2 N–H and O–H groups in total. The lowest BCUT2D eigenvalue weighted by atomic mass is 10.1. The van der Waals surface area contributed by atoms with Crippen LogP contribution in [0.5, 0.6) is 0 Å². The molecule has 0 amide bonds. The topological polar surface area (TPSA) is 74.2 Å². The molecule has 0 saturated heterocycles. The lowest BCUT2D eigenvalue weighted by Crippen LogP contribution is -2.36. The van der Waals surface area contributed by atoms with Gasteiger partial charge < -0.3 is 9.63 Å². The summed E-state index contributed by atoms with van der Waals surface area (Å²) in [4.78, 5) is 26.9. The molecule has 0 aromatic heterocycles. The average Bonchev–Trinajstić information content (AvgIpc) is 2.64. The molecule has 0 spiro atoms. The predicted molar refractivity (Wildman–Crippen MR) is 111 cm³/mol. The van der Waals surface area contributed by atoms with Crippen LogP contribution >= 0.6 is 6.57 Å². The summed E-state index contributed by atoms with van der Waals surface area (Å²) in [6, 6.07) is 9.67. The van der Waals surface area contributed by atoms with Crippen LogP contribution in [0.15, 0.2) is 35.3 Å². The minimum absolute atomic E-state index is 0.154. The van der Waals surface area contributed by atoms with E-state index in [9.17, 15) is 9.69 Å². The van der Waals surface area contributed by atoms with E-state index in [1.54, 1.807) is 0 Å². The van der Waals surface area contributed by atoms with E-state index in [2.05, 4.69) is 23.7 Å². The molecule has 1 aromatic rings. The zero-order valence-corrected chi connectivity index (χ0v) is 17.7. The molecule has 0 aliphatic rings. The molecule has 146 valence electrons. The molecule has 2 atom stereocenters.